The highest BCUT2D eigenvalue weighted by Gasteiger charge is 2.11. The van der Waals surface area contributed by atoms with E-state index >= 15 is 0 Å². The van der Waals surface area contributed by atoms with E-state index in [9.17, 15) is 13.2 Å². The molecule has 128 valence electrons. The van der Waals surface area contributed by atoms with Crippen molar-refractivity contribution in [2.45, 2.75) is 19.4 Å². The van der Waals surface area contributed by atoms with Gasteiger partial charge in [0, 0.05) is 24.5 Å². The molecule has 7 heteroatoms. The molecule has 24 heavy (non-hydrogen) atoms. The molecule has 0 spiro atoms. The molecule has 1 atom stereocenters. The monoisotopic (exact) mass is 347 g/mol. The molecule has 0 saturated carbocycles. The standard InChI is InChI=1S/C17H21N3O3S/c1-13(15-8-10-18-11-9-15)20-17(21)16-5-3-14(4-6-16)7-12-19-24(2,22)23/h3-6,8-11,13,19H,7,12H2,1-2H3,(H,20,21). The Balaban J connectivity index is 1.91. The number of pyridine rings is 1. The first-order chi connectivity index (χ1) is 11.3. The summed E-state index contributed by atoms with van der Waals surface area (Å²) in [5, 5.41) is 2.94. The van der Waals surface area contributed by atoms with E-state index in [4.69, 9.17) is 0 Å². The first-order valence-corrected chi connectivity index (χ1v) is 9.48. The highest BCUT2D eigenvalue weighted by Crippen LogP contribution is 2.12. The van der Waals surface area contributed by atoms with Gasteiger partial charge < -0.3 is 5.32 Å². The van der Waals surface area contributed by atoms with Crippen molar-refractivity contribution >= 4 is 15.9 Å². The molecule has 6 nitrogen and oxygen atoms in total. The van der Waals surface area contributed by atoms with Crippen LogP contribution in [0.3, 0.4) is 0 Å². The Morgan fingerprint density at radius 2 is 1.75 bits per heavy atom. The zero-order valence-electron chi connectivity index (χ0n) is 13.7. The number of sulfonamides is 1. The molecule has 0 fully saturated rings. The van der Waals surface area contributed by atoms with Crippen LogP contribution in [0.1, 0.15) is 34.5 Å². The Hall–Kier alpha value is -2.25. The third-order valence-corrected chi connectivity index (χ3v) is 4.28. The van der Waals surface area contributed by atoms with Crippen LogP contribution in [0.15, 0.2) is 48.8 Å². The predicted octanol–water partition coefficient (Wildman–Crippen LogP) is 1.66. The van der Waals surface area contributed by atoms with Crippen LogP contribution in [0.25, 0.3) is 0 Å². The van der Waals surface area contributed by atoms with E-state index in [1.165, 1.54) is 0 Å². The minimum Gasteiger partial charge on any atom is -0.346 e. The van der Waals surface area contributed by atoms with Gasteiger partial charge in [-0.1, -0.05) is 12.1 Å². The molecule has 1 heterocycles. The SMILES string of the molecule is CC(NC(=O)c1ccc(CCNS(C)(=O)=O)cc1)c1ccncc1. The summed E-state index contributed by atoms with van der Waals surface area (Å²) in [7, 11) is -3.17. The number of nitrogens with zero attached hydrogens (tertiary/aromatic N) is 1. The molecule has 0 radical (unpaired) electrons. The molecule has 1 aromatic carbocycles. The lowest BCUT2D eigenvalue weighted by molar-refractivity contribution is 0.0940. The number of amides is 1. The molecule has 0 bridgehead atoms. The molecule has 2 N–H and O–H groups in total. The number of rotatable bonds is 7. The molecule has 2 rings (SSSR count). The minimum atomic E-state index is -3.17. The molecule has 0 aliphatic carbocycles. The molecular formula is C17H21N3O3S. The number of aromatic nitrogens is 1. The van der Waals surface area contributed by atoms with Gasteiger partial charge in [-0.05, 0) is 48.7 Å². The van der Waals surface area contributed by atoms with Crippen LogP contribution in [-0.2, 0) is 16.4 Å². The van der Waals surface area contributed by atoms with Crippen molar-refractivity contribution < 1.29 is 13.2 Å². The van der Waals surface area contributed by atoms with E-state index in [-0.39, 0.29) is 11.9 Å². The molecule has 0 aliphatic rings. The molecule has 1 aromatic heterocycles. The summed E-state index contributed by atoms with van der Waals surface area (Å²) in [6.07, 6.45) is 5.08. The summed E-state index contributed by atoms with van der Waals surface area (Å²) < 4.78 is 24.5. The fraction of sp³-hybridized carbons (Fsp3) is 0.294. The van der Waals surface area contributed by atoms with E-state index in [0.29, 0.717) is 18.5 Å². The number of carbonyl (C=O) groups is 1. The Morgan fingerprint density at radius 3 is 2.33 bits per heavy atom. The predicted molar refractivity (Wildman–Crippen MR) is 93.1 cm³/mol. The van der Waals surface area contributed by atoms with Crippen LogP contribution in [0.4, 0.5) is 0 Å². The smallest absolute Gasteiger partial charge is 0.251 e. The van der Waals surface area contributed by atoms with Crippen LogP contribution in [0, 0.1) is 0 Å². The van der Waals surface area contributed by atoms with Crippen LogP contribution < -0.4 is 10.0 Å². The third-order valence-electron chi connectivity index (χ3n) is 3.55. The van der Waals surface area contributed by atoms with Crippen molar-refractivity contribution in [2.75, 3.05) is 12.8 Å². The van der Waals surface area contributed by atoms with Gasteiger partial charge in [0.25, 0.3) is 5.91 Å². The number of hydrogen-bond donors (Lipinski definition) is 2. The van der Waals surface area contributed by atoms with Gasteiger partial charge in [-0.15, -0.1) is 0 Å². The Labute approximate surface area is 142 Å². The second-order valence-electron chi connectivity index (χ2n) is 5.59. The average molecular weight is 347 g/mol. The quantitative estimate of drug-likeness (QED) is 0.797. The Bertz CT molecular complexity index is 774. The minimum absolute atomic E-state index is 0.112. The number of benzene rings is 1. The largest absolute Gasteiger partial charge is 0.346 e. The van der Waals surface area contributed by atoms with E-state index in [1.807, 2.05) is 31.2 Å². The molecule has 0 aliphatic heterocycles. The van der Waals surface area contributed by atoms with Gasteiger partial charge in [-0.25, -0.2) is 13.1 Å². The van der Waals surface area contributed by atoms with Gasteiger partial charge in [0.1, 0.15) is 0 Å². The second kappa shape index (κ2) is 8.03. The van der Waals surface area contributed by atoms with Crippen LogP contribution >= 0.6 is 0 Å². The molecular weight excluding hydrogens is 326 g/mol. The lowest BCUT2D eigenvalue weighted by atomic mass is 10.1. The van der Waals surface area contributed by atoms with Gasteiger partial charge in [0.2, 0.25) is 10.0 Å². The lowest BCUT2D eigenvalue weighted by Gasteiger charge is -2.14. The maximum atomic E-state index is 12.3. The molecule has 0 saturated heterocycles. The van der Waals surface area contributed by atoms with Crippen molar-refractivity contribution in [2.24, 2.45) is 0 Å². The van der Waals surface area contributed by atoms with Crippen LogP contribution in [0.5, 0.6) is 0 Å². The molecule has 2 aromatic rings. The zero-order valence-corrected chi connectivity index (χ0v) is 14.5. The van der Waals surface area contributed by atoms with Gasteiger partial charge in [0.05, 0.1) is 12.3 Å². The summed E-state index contributed by atoms with van der Waals surface area (Å²) >= 11 is 0. The van der Waals surface area contributed by atoms with Crippen molar-refractivity contribution in [1.82, 2.24) is 15.0 Å². The lowest BCUT2D eigenvalue weighted by Crippen LogP contribution is -2.26. The third kappa shape index (κ3) is 5.75. The van der Waals surface area contributed by atoms with Crippen molar-refractivity contribution in [3.05, 3.63) is 65.5 Å². The Kier molecular flexibility index (Phi) is 6.05. The summed E-state index contributed by atoms with van der Waals surface area (Å²) in [6.45, 7) is 2.25. The van der Waals surface area contributed by atoms with Crippen molar-refractivity contribution in [3.63, 3.8) is 0 Å². The first-order valence-electron chi connectivity index (χ1n) is 7.59. The van der Waals surface area contributed by atoms with Crippen LogP contribution in [0.2, 0.25) is 0 Å². The van der Waals surface area contributed by atoms with Gasteiger partial charge in [-0.3, -0.25) is 9.78 Å². The number of nitrogens with one attached hydrogen (secondary N) is 2. The summed E-state index contributed by atoms with van der Waals surface area (Å²) in [5.74, 6) is -0.153. The fourth-order valence-corrected chi connectivity index (χ4v) is 2.69. The highest BCUT2D eigenvalue weighted by molar-refractivity contribution is 7.88. The second-order valence-corrected chi connectivity index (χ2v) is 7.42. The summed E-state index contributed by atoms with van der Waals surface area (Å²) in [6, 6.07) is 10.8. The van der Waals surface area contributed by atoms with Gasteiger partial charge in [-0.2, -0.15) is 0 Å². The van der Waals surface area contributed by atoms with Gasteiger partial charge >= 0.3 is 0 Å². The first kappa shape index (κ1) is 18.1. The number of carbonyl (C=O) groups excluding carboxylic acids is 1. The topological polar surface area (TPSA) is 88.2 Å². The normalized spacial score (nSPS) is 12.6. The Morgan fingerprint density at radius 1 is 1.12 bits per heavy atom. The van der Waals surface area contributed by atoms with E-state index in [1.54, 1.807) is 24.5 Å². The highest BCUT2D eigenvalue weighted by atomic mass is 32.2. The number of hydrogen-bond acceptors (Lipinski definition) is 4. The van der Waals surface area contributed by atoms with Crippen molar-refractivity contribution in [1.29, 1.82) is 0 Å². The van der Waals surface area contributed by atoms with E-state index in [2.05, 4.69) is 15.0 Å². The maximum absolute atomic E-state index is 12.3. The fourth-order valence-electron chi connectivity index (χ4n) is 2.22. The van der Waals surface area contributed by atoms with Crippen LogP contribution in [-0.4, -0.2) is 32.1 Å². The maximum Gasteiger partial charge on any atom is 0.251 e. The molecule has 1 unspecified atom stereocenters. The zero-order chi connectivity index (χ0) is 17.6. The van der Waals surface area contributed by atoms with Gasteiger partial charge in [0.15, 0.2) is 0 Å². The summed E-state index contributed by atoms with van der Waals surface area (Å²) in [4.78, 5) is 16.2. The van der Waals surface area contributed by atoms with Crippen molar-refractivity contribution in [3.8, 4) is 0 Å². The van der Waals surface area contributed by atoms with E-state index < -0.39 is 10.0 Å². The average Bonchev–Trinajstić information content (AvgIpc) is 2.55. The van der Waals surface area contributed by atoms with E-state index in [0.717, 1.165) is 17.4 Å². The molecule has 1 amide bonds. The summed E-state index contributed by atoms with van der Waals surface area (Å²) in [5.41, 5.74) is 2.52.